The summed E-state index contributed by atoms with van der Waals surface area (Å²) in [5, 5.41) is 3.99. The van der Waals surface area contributed by atoms with E-state index in [0.29, 0.717) is 0 Å². The third-order valence-electron chi connectivity index (χ3n) is 3.94. The Morgan fingerprint density at radius 1 is 1.50 bits per heavy atom. The average Bonchev–Trinajstić information content (AvgIpc) is 2.88. The van der Waals surface area contributed by atoms with Crippen molar-refractivity contribution in [2.45, 2.75) is 19.8 Å². The van der Waals surface area contributed by atoms with Crippen LogP contribution < -0.4 is 15.0 Å². The van der Waals surface area contributed by atoms with Crippen molar-refractivity contribution < 1.29 is 9.53 Å². The Hall–Kier alpha value is -1.82. The van der Waals surface area contributed by atoms with Crippen molar-refractivity contribution in [1.82, 2.24) is 10.3 Å². The molecule has 0 spiro atoms. The van der Waals surface area contributed by atoms with E-state index in [4.69, 9.17) is 4.74 Å². The van der Waals surface area contributed by atoms with Crippen molar-refractivity contribution in [3.05, 3.63) is 18.2 Å². The van der Waals surface area contributed by atoms with Crippen molar-refractivity contribution in [3.8, 4) is 5.75 Å². The van der Waals surface area contributed by atoms with Gasteiger partial charge in [-0.3, -0.25) is 4.79 Å². The van der Waals surface area contributed by atoms with E-state index >= 15 is 0 Å². The fourth-order valence-corrected chi connectivity index (χ4v) is 3.45. The van der Waals surface area contributed by atoms with Crippen LogP contribution in [0.3, 0.4) is 0 Å². The van der Waals surface area contributed by atoms with Gasteiger partial charge in [-0.1, -0.05) is 24.7 Å². The predicted molar refractivity (Wildman–Crippen MR) is 89.8 cm³/mol. The van der Waals surface area contributed by atoms with E-state index in [0.717, 1.165) is 53.6 Å². The summed E-state index contributed by atoms with van der Waals surface area (Å²) < 4.78 is 6.37. The fourth-order valence-electron chi connectivity index (χ4n) is 2.49. The number of carbonyl (C=O) groups is 1. The molecule has 2 aromatic rings. The summed E-state index contributed by atoms with van der Waals surface area (Å²) in [6.07, 6.45) is 2.15. The Morgan fingerprint density at radius 3 is 3.05 bits per heavy atom. The van der Waals surface area contributed by atoms with E-state index in [1.165, 1.54) is 0 Å². The van der Waals surface area contributed by atoms with Crippen LogP contribution in [0.25, 0.3) is 10.2 Å². The molecule has 6 heteroatoms. The molecule has 0 saturated carbocycles. The van der Waals surface area contributed by atoms with E-state index in [1.807, 2.05) is 18.2 Å². The Kier molecular flexibility index (Phi) is 4.47. The Morgan fingerprint density at radius 2 is 2.32 bits per heavy atom. The highest BCUT2D eigenvalue weighted by molar-refractivity contribution is 7.22. The molecule has 0 unspecified atom stereocenters. The number of nitrogens with zero attached hydrogens (tertiary/aromatic N) is 2. The number of nitrogens with one attached hydrogen (secondary N) is 1. The van der Waals surface area contributed by atoms with Gasteiger partial charge in [0.2, 0.25) is 5.91 Å². The van der Waals surface area contributed by atoms with Crippen molar-refractivity contribution in [2.75, 3.05) is 31.6 Å². The van der Waals surface area contributed by atoms with Crippen LogP contribution >= 0.6 is 11.3 Å². The molecule has 1 fully saturated rings. The molecule has 0 aliphatic carbocycles. The normalized spacial score (nSPS) is 14.9. The minimum atomic E-state index is 0.0957. The van der Waals surface area contributed by atoms with Crippen molar-refractivity contribution in [2.24, 2.45) is 5.92 Å². The van der Waals surface area contributed by atoms with Gasteiger partial charge in [-0.2, -0.15) is 0 Å². The Balaban J connectivity index is 1.59. The number of benzene rings is 1. The van der Waals surface area contributed by atoms with Gasteiger partial charge >= 0.3 is 0 Å². The minimum absolute atomic E-state index is 0.0957. The van der Waals surface area contributed by atoms with Crippen molar-refractivity contribution >= 4 is 32.6 Å². The quantitative estimate of drug-likeness (QED) is 0.832. The second-order valence-corrected chi connectivity index (χ2v) is 6.59. The second kappa shape index (κ2) is 6.52. The topological polar surface area (TPSA) is 54.5 Å². The summed E-state index contributed by atoms with van der Waals surface area (Å²) in [5.41, 5.74) is 0.954. The van der Waals surface area contributed by atoms with Crippen LogP contribution in [-0.2, 0) is 4.79 Å². The molecule has 0 atom stereocenters. The molecule has 1 aliphatic heterocycles. The van der Waals surface area contributed by atoms with Gasteiger partial charge in [-0.15, -0.1) is 0 Å². The lowest BCUT2D eigenvalue weighted by Gasteiger charge is -2.37. The number of ether oxygens (including phenoxy) is 1. The Labute approximate surface area is 134 Å². The summed E-state index contributed by atoms with van der Waals surface area (Å²) in [6.45, 7) is 4.43. The lowest BCUT2D eigenvalue weighted by atomic mass is 10.00. The highest BCUT2D eigenvalue weighted by Gasteiger charge is 2.34. The summed E-state index contributed by atoms with van der Waals surface area (Å²) in [7, 11) is 1.66. The van der Waals surface area contributed by atoms with Gasteiger partial charge in [0.15, 0.2) is 5.13 Å². The SMILES string of the molecule is CCCCNC(=O)C1CN(c2nc3cc(OC)ccc3s2)C1. The molecule has 0 bridgehead atoms. The first-order valence-electron chi connectivity index (χ1n) is 7.68. The number of carbonyl (C=O) groups excluding carboxylic acids is 1. The maximum Gasteiger partial charge on any atom is 0.226 e. The smallest absolute Gasteiger partial charge is 0.226 e. The predicted octanol–water partition coefficient (Wildman–Crippen LogP) is 2.66. The fraction of sp³-hybridized carbons (Fsp3) is 0.500. The van der Waals surface area contributed by atoms with Gasteiger partial charge in [0, 0.05) is 25.7 Å². The van der Waals surface area contributed by atoms with Gasteiger partial charge in [0.25, 0.3) is 0 Å². The standard InChI is InChI=1S/C16H21N3O2S/c1-3-4-7-17-15(20)11-9-19(10-11)16-18-13-8-12(21-2)5-6-14(13)22-16/h5-6,8,11H,3-4,7,9-10H2,1-2H3,(H,17,20). The van der Waals surface area contributed by atoms with E-state index in [1.54, 1.807) is 18.4 Å². The van der Waals surface area contributed by atoms with Crippen LogP contribution in [0.5, 0.6) is 5.75 Å². The lowest BCUT2D eigenvalue weighted by molar-refractivity contribution is -0.125. The highest BCUT2D eigenvalue weighted by atomic mass is 32.1. The first-order valence-corrected chi connectivity index (χ1v) is 8.50. The molecule has 1 saturated heterocycles. The number of unbranched alkanes of at least 4 members (excludes halogenated alkanes) is 1. The number of thiazole rings is 1. The molecule has 1 aromatic heterocycles. The van der Waals surface area contributed by atoms with Crippen LogP contribution in [0.4, 0.5) is 5.13 Å². The molecule has 3 rings (SSSR count). The first kappa shape index (κ1) is 15.1. The van der Waals surface area contributed by atoms with Crippen LogP contribution in [0, 0.1) is 5.92 Å². The minimum Gasteiger partial charge on any atom is -0.497 e. The van der Waals surface area contributed by atoms with E-state index < -0.39 is 0 Å². The van der Waals surface area contributed by atoms with E-state index in [-0.39, 0.29) is 11.8 Å². The molecular weight excluding hydrogens is 298 g/mol. The molecule has 118 valence electrons. The molecule has 1 aliphatic rings. The zero-order valence-electron chi connectivity index (χ0n) is 13.0. The first-order chi connectivity index (χ1) is 10.7. The van der Waals surface area contributed by atoms with Crippen LogP contribution in [-0.4, -0.2) is 37.6 Å². The van der Waals surface area contributed by atoms with E-state index in [9.17, 15) is 4.79 Å². The maximum absolute atomic E-state index is 12.0. The lowest BCUT2D eigenvalue weighted by Crippen LogP contribution is -2.53. The Bertz CT molecular complexity index is 664. The van der Waals surface area contributed by atoms with Gasteiger partial charge in [0.1, 0.15) is 5.75 Å². The second-order valence-electron chi connectivity index (χ2n) is 5.58. The van der Waals surface area contributed by atoms with E-state index in [2.05, 4.69) is 22.1 Å². The maximum atomic E-state index is 12.0. The average molecular weight is 319 g/mol. The number of aromatic nitrogens is 1. The molecule has 22 heavy (non-hydrogen) atoms. The van der Waals surface area contributed by atoms with Crippen LogP contribution in [0.1, 0.15) is 19.8 Å². The van der Waals surface area contributed by atoms with Gasteiger partial charge < -0.3 is 15.0 Å². The molecule has 5 nitrogen and oxygen atoms in total. The monoisotopic (exact) mass is 319 g/mol. The number of anilines is 1. The van der Waals surface area contributed by atoms with Crippen molar-refractivity contribution in [1.29, 1.82) is 0 Å². The molecule has 1 aromatic carbocycles. The molecule has 2 heterocycles. The van der Waals surface area contributed by atoms with Gasteiger partial charge in [-0.05, 0) is 18.6 Å². The van der Waals surface area contributed by atoms with Gasteiger partial charge in [-0.25, -0.2) is 4.98 Å². The highest BCUT2D eigenvalue weighted by Crippen LogP contribution is 2.34. The zero-order valence-corrected chi connectivity index (χ0v) is 13.8. The summed E-state index contributed by atoms with van der Waals surface area (Å²) in [4.78, 5) is 18.8. The number of rotatable bonds is 6. The third-order valence-corrected chi connectivity index (χ3v) is 5.03. The molecule has 0 radical (unpaired) electrons. The number of amides is 1. The summed E-state index contributed by atoms with van der Waals surface area (Å²) in [5.74, 6) is 1.09. The molecule has 1 amide bonds. The molecule has 1 N–H and O–H groups in total. The number of fused-ring (bicyclic) bond motifs is 1. The van der Waals surface area contributed by atoms with Gasteiger partial charge in [0.05, 0.1) is 23.2 Å². The summed E-state index contributed by atoms with van der Waals surface area (Å²) in [6, 6.07) is 5.93. The number of hydrogen-bond donors (Lipinski definition) is 1. The van der Waals surface area contributed by atoms with Crippen LogP contribution in [0.2, 0.25) is 0 Å². The van der Waals surface area contributed by atoms with Crippen molar-refractivity contribution in [3.63, 3.8) is 0 Å². The zero-order chi connectivity index (χ0) is 15.5. The number of methoxy groups -OCH3 is 1. The third kappa shape index (κ3) is 3.02. The molecular formula is C16H21N3O2S. The number of hydrogen-bond acceptors (Lipinski definition) is 5. The largest absolute Gasteiger partial charge is 0.497 e. The van der Waals surface area contributed by atoms with Crippen LogP contribution in [0.15, 0.2) is 18.2 Å². The summed E-state index contributed by atoms with van der Waals surface area (Å²) >= 11 is 1.66.